The van der Waals surface area contributed by atoms with Crippen molar-refractivity contribution < 1.29 is 0 Å². The van der Waals surface area contributed by atoms with Crippen molar-refractivity contribution in [2.45, 2.75) is 13.5 Å². The summed E-state index contributed by atoms with van der Waals surface area (Å²) in [6.07, 6.45) is 1.79. The first-order chi connectivity index (χ1) is 14.3. The largest absolute Gasteiger partial charge is 0.369 e. The molecule has 4 rings (SSSR count). The van der Waals surface area contributed by atoms with Crippen molar-refractivity contribution in [2.75, 3.05) is 44.6 Å². The third kappa shape index (κ3) is 5.59. The molecule has 0 bridgehead atoms. The fourth-order valence-corrected chi connectivity index (χ4v) is 3.66. The minimum Gasteiger partial charge on any atom is -0.369 e. The monoisotopic (exact) mass is 388 g/mol. The summed E-state index contributed by atoms with van der Waals surface area (Å²) in [7, 11) is 0. The van der Waals surface area contributed by atoms with Gasteiger partial charge in [-0.25, -0.2) is 9.97 Å². The number of nitrogens with zero attached hydrogens (tertiary/aromatic N) is 5. The van der Waals surface area contributed by atoms with E-state index in [-0.39, 0.29) is 0 Å². The first-order valence-corrected chi connectivity index (χ1v) is 10.3. The summed E-state index contributed by atoms with van der Waals surface area (Å²) in [5.74, 6) is 1.62. The smallest absolute Gasteiger partial charge is 0.130 e. The molecule has 29 heavy (non-hydrogen) atoms. The Balaban J connectivity index is 1.24. The Bertz CT molecular complexity index is 892. The molecule has 0 spiro atoms. The number of aryl methyl sites for hydroxylation is 1. The van der Waals surface area contributed by atoms with Crippen molar-refractivity contribution in [2.24, 2.45) is 0 Å². The van der Waals surface area contributed by atoms with Crippen molar-refractivity contribution in [1.82, 2.24) is 24.8 Å². The maximum absolute atomic E-state index is 4.52. The van der Waals surface area contributed by atoms with E-state index < -0.39 is 0 Å². The van der Waals surface area contributed by atoms with Gasteiger partial charge in [-0.3, -0.25) is 14.8 Å². The molecule has 3 aromatic rings. The Labute approximate surface area is 172 Å². The molecular formula is C23H28N6. The average molecular weight is 389 g/mol. The highest BCUT2D eigenvalue weighted by atomic mass is 15.3. The van der Waals surface area contributed by atoms with Crippen LogP contribution in [0.25, 0.3) is 11.4 Å². The molecule has 1 aromatic carbocycles. The van der Waals surface area contributed by atoms with Gasteiger partial charge in [0, 0.05) is 58.1 Å². The van der Waals surface area contributed by atoms with Crippen molar-refractivity contribution >= 4 is 5.82 Å². The highest BCUT2D eigenvalue weighted by Gasteiger charge is 2.16. The number of aromatic nitrogens is 3. The molecule has 150 valence electrons. The van der Waals surface area contributed by atoms with E-state index in [1.165, 1.54) is 5.56 Å². The molecule has 0 saturated carbocycles. The minimum atomic E-state index is 0.755. The van der Waals surface area contributed by atoms with E-state index in [1.54, 1.807) is 6.20 Å². The number of hydrogen-bond donors (Lipinski definition) is 1. The van der Waals surface area contributed by atoms with Gasteiger partial charge in [0.15, 0.2) is 0 Å². The van der Waals surface area contributed by atoms with E-state index >= 15 is 0 Å². The van der Waals surface area contributed by atoms with Crippen LogP contribution in [0.2, 0.25) is 0 Å². The summed E-state index contributed by atoms with van der Waals surface area (Å²) in [5, 5.41) is 3.46. The highest BCUT2D eigenvalue weighted by molar-refractivity contribution is 5.58. The summed E-state index contributed by atoms with van der Waals surface area (Å²) in [6, 6.07) is 18.6. The number of hydrogen-bond acceptors (Lipinski definition) is 6. The van der Waals surface area contributed by atoms with E-state index in [2.05, 4.69) is 60.4 Å². The molecule has 3 heterocycles. The zero-order chi connectivity index (χ0) is 19.9. The van der Waals surface area contributed by atoms with E-state index in [1.807, 2.05) is 31.2 Å². The summed E-state index contributed by atoms with van der Waals surface area (Å²) in [4.78, 5) is 18.5. The minimum absolute atomic E-state index is 0.755. The van der Waals surface area contributed by atoms with Crippen LogP contribution < -0.4 is 5.32 Å². The van der Waals surface area contributed by atoms with Gasteiger partial charge in [0.1, 0.15) is 11.6 Å². The molecule has 1 N–H and O–H groups in total. The molecule has 1 fully saturated rings. The topological polar surface area (TPSA) is 57.2 Å². The van der Waals surface area contributed by atoms with Crippen molar-refractivity contribution in [3.8, 4) is 11.4 Å². The van der Waals surface area contributed by atoms with Crippen LogP contribution in [0.15, 0.2) is 60.8 Å². The quantitative estimate of drug-likeness (QED) is 0.671. The SMILES string of the molecule is Cc1nc(NCCN2CCN(Cc3ccccc3)CC2)cc(-c2ccccn2)n1. The molecule has 1 aliphatic rings. The van der Waals surface area contributed by atoms with E-state index in [0.29, 0.717) is 0 Å². The van der Waals surface area contributed by atoms with Crippen LogP contribution in [0.4, 0.5) is 5.82 Å². The second-order valence-corrected chi connectivity index (χ2v) is 7.43. The molecule has 0 atom stereocenters. The predicted octanol–water partition coefficient (Wildman–Crippen LogP) is 3.08. The molecule has 6 nitrogen and oxygen atoms in total. The van der Waals surface area contributed by atoms with Gasteiger partial charge in [-0.15, -0.1) is 0 Å². The maximum Gasteiger partial charge on any atom is 0.130 e. The van der Waals surface area contributed by atoms with Crippen LogP contribution in [0, 0.1) is 6.92 Å². The zero-order valence-electron chi connectivity index (χ0n) is 17.0. The van der Waals surface area contributed by atoms with Crippen molar-refractivity contribution in [3.05, 3.63) is 72.2 Å². The Morgan fingerprint density at radius 1 is 0.862 bits per heavy atom. The van der Waals surface area contributed by atoms with Crippen LogP contribution in [-0.2, 0) is 6.54 Å². The molecule has 1 aliphatic heterocycles. The summed E-state index contributed by atoms with van der Waals surface area (Å²) in [5.41, 5.74) is 3.12. The number of benzene rings is 1. The Morgan fingerprint density at radius 2 is 1.62 bits per heavy atom. The van der Waals surface area contributed by atoms with Crippen LogP contribution in [0.5, 0.6) is 0 Å². The lowest BCUT2D eigenvalue weighted by molar-refractivity contribution is 0.130. The second-order valence-electron chi connectivity index (χ2n) is 7.43. The molecular weight excluding hydrogens is 360 g/mol. The van der Waals surface area contributed by atoms with Gasteiger partial charge in [-0.1, -0.05) is 36.4 Å². The number of piperazine rings is 1. The molecule has 0 amide bonds. The average Bonchev–Trinajstić information content (AvgIpc) is 2.76. The van der Waals surface area contributed by atoms with Gasteiger partial charge < -0.3 is 5.32 Å². The molecule has 1 saturated heterocycles. The van der Waals surface area contributed by atoms with E-state index in [9.17, 15) is 0 Å². The summed E-state index contributed by atoms with van der Waals surface area (Å²) < 4.78 is 0. The first kappa shape index (κ1) is 19.5. The lowest BCUT2D eigenvalue weighted by Gasteiger charge is -2.34. The van der Waals surface area contributed by atoms with Crippen molar-refractivity contribution in [3.63, 3.8) is 0 Å². The number of nitrogens with one attached hydrogen (secondary N) is 1. The Morgan fingerprint density at radius 3 is 2.38 bits per heavy atom. The lowest BCUT2D eigenvalue weighted by Crippen LogP contribution is -2.47. The van der Waals surface area contributed by atoms with Gasteiger partial charge in [0.25, 0.3) is 0 Å². The van der Waals surface area contributed by atoms with Gasteiger partial charge in [0.05, 0.1) is 11.4 Å². The molecule has 0 unspecified atom stereocenters. The predicted molar refractivity (Wildman–Crippen MR) is 117 cm³/mol. The lowest BCUT2D eigenvalue weighted by atomic mass is 10.2. The second kappa shape index (κ2) is 9.58. The van der Waals surface area contributed by atoms with E-state index in [4.69, 9.17) is 0 Å². The molecule has 0 radical (unpaired) electrons. The molecule has 0 aliphatic carbocycles. The van der Waals surface area contributed by atoms with E-state index in [0.717, 1.165) is 68.8 Å². The number of anilines is 1. The van der Waals surface area contributed by atoms with Gasteiger partial charge in [0.2, 0.25) is 0 Å². The fourth-order valence-electron chi connectivity index (χ4n) is 3.66. The summed E-state index contributed by atoms with van der Waals surface area (Å²) in [6.45, 7) is 9.30. The summed E-state index contributed by atoms with van der Waals surface area (Å²) >= 11 is 0. The third-order valence-electron chi connectivity index (χ3n) is 5.21. The highest BCUT2D eigenvalue weighted by Crippen LogP contribution is 2.17. The number of rotatable bonds is 7. The fraction of sp³-hybridized carbons (Fsp3) is 0.348. The van der Waals surface area contributed by atoms with Crippen LogP contribution in [0.3, 0.4) is 0 Å². The van der Waals surface area contributed by atoms with Crippen LogP contribution in [0.1, 0.15) is 11.4 Å². The Kier molecular flexibility index (Phi) is 6.44. The molecule has 6 heteroatoms. The maximum atomic E-state index is 4.52. The van der Waals surface area contributed by atoms with Crippen molar-refractivity contribution in [1.29, 1.82) is 0 Å². The number of pyridine rings is 1. The standard InChI is InChI=1S/C23H28N6/c1-19-26-22(21-9-5-6-10-24-21)17-23(27-19)25-11-12-28-13-15-29(16-14-28)18-20-7-3-2-4-8-20/h2-10,17H,11-16,18H2,1H3,(H,25,26,27). The van der Waals surface area contributed by atoms with Crippen LogP contribution in [-0.4, -0.2) is 64.0 Å². The first-order valence-electron chi connectivity index (χ1n) is 10.3. The zero-order valence-corrected chi connectivity index (χ0v) is 17.0. The van der Waals surface area contributed by atoms with Gasteiger partial charge in [-0.2, -0.15) is 0 Å². The van der Waals surface area contributed by atoms with Gasteiger partial charge >= 0.3 is 0 Å². The Hall–Kier alpha value is -2.83. The molecule has 2 aromatic heterocycles. The normalized spacial score (nSPS) is 15.3. The third-order valence-corrected chi connectivity index (χ3v) is 5.21. The van der Waals surface area contributed by atoms with Crippen LogP contribution >= 0.6 is 0 Å². The van der Waals surface area contributed by atoms with Gasteiger partial charge in [-0.05, 0) is 24.6 Å².